The van der Waals surface area contributed by atoms with Crippen molar-refractivity contribution in [1.29, 1.82) is 0 Å². The van der Waals surface area contributed by atoms with Gasteiger partial charge in [0, 0.05) is 31.0 Å². The molecule has 0 bridgehead atoms. The molecule has 0 unspecified atom stereocenters. The first-order chi connectivity index (χ1) is 8.02. The van der Waals surface area contributed by atoms with Gasteiger partial charge in [-0.25, -0.2) is 0 Å². The Bertz CT molecular complexity index is 334. The molecule has 1 rings (SSSR count). The summed E-state index contributed by atoms with van der Waals surface area (Å²) in [6, 6.07) is 2.96. The lowest BCUT2D eigenvalue weighted by Crippen LogP contribution is -2.39. The third-order valence-electron chi connectivity index (χ3n) is 2.67. The lowest BCUT2D eigenvalue weighted by molar-refractivity contribution is 0.141. The molecular weight excluding hydrogens is 280 g/mol. The lowest BCUT2D eigenvalue weighted by Gasteiger charge is -2.30. The highest BCUT2D eigenvalue weighted by Gasteiger charge is 2.13. The van der Waals surface area contributed by atoms with E-state index in [1.807, 2.05) is 6.07 Å². The van der Waals surface area contributed by atoms with Crippen molar-refractivity contribution in [1.82, 2.24) is 9.88 Å². The maximum Gasteiger partial charge on any atom is 0.136 e. The van der Waals surface area contributed by atoms with Crippen LogP contribution in [0.15, 0.2) is 22.9 Å². The summed E-state index contributed by atoms with van der Waals surface area (Å²) in [5.74, 6) is 0.854. The fourth-order valence-electron chi connectivity index (χ4n) is 1.85. The molecule has 0 fully saturated rings. The molecule has 0 aliphatic carbocycles. The van der Waals surface area contributed by atoms with Crippen LogP contribution in [0.25, 0.3) is 0 Å². The van der Waals surface area contributed by atoms with Gasteiger partial charge in [-0.2, -0.15) is 0 Å². The van der Waals surface area contributed by atoms with E-state index in [0.29, 0.717) is 18.7 Å². The van der Waals surface area contributed by atoms with Crippen molar-refractivity contribution < 1.29 is 4.74 Å². The van der Waals surface area contributed by atoms with E-state index in [1.165, 1.54) is 0 Å². The molecule has 0 saturated heterocycles. The summed E-state index contributed by atoms with van der Waals surface area (Å²) in [6.07, 6.45) is 3.49. The normalized spacial score (nSPS) is 11.5. The fourth-order valence-corrected chi connectivity index (χ4v) is 2.22. The van der Waals surface area contributed by atoms with E-state index in [4.69, 9.17) is 4.74 Å². The Labute approximate surface area is 112 Å². The van der Waals surface area contributed by atoms with E-state index in [9.17, 15) is 0 Å². The smallest absolute Gasteiger partial charge is 0.136 e. The van der Waals surface area contributed by atoms with Gasteiger partial charge in [0.1, 0.15) is 12.4 Å². The summed E-state index contributed by atoms with van der Waals surface area (Å²) >= 11 is 3.42. The Balaban J connectivity index is 2.44. The Morgan fingerprint density at radius 2 is 1.94 bits per heavy atom. The van der Waals surface area contributed by atoms with Crippen molar-refractivity contribution in [2.75, 3.05) is 13.2 Å². The molecule has 1 aromatic rings. The molecule has 1 heterocycles. The molecular formula is C13H21BrN2O. The average molecular weight is 301 g/mol. The molecule has 1 aromatic heterocycles. The molecule has 17 heavy (non-hydrogen) atoms. The van der Waals surface area contributed by atoms with Gasteiger partial charge >= 0.3 is 0 Å². The van der Waals surface area contributed by atoms with Crippen LogP contribution < -0.4 is 4.74 Å². The highest BCUT2D eigenvalue weighted by molar-refractivity contribution is 9.10. The summed E-state index contributed by atoms with van der Waals surface area (Å²) in [5.41, 5.74) is 0. The minimum atomic E-state index is 0.541. The maximum atomic E-state index is 5.74. The molecule has 0 aliphatic heterocycles. The Morgan fingerprint density at radius 1 is 1.29 bits per heavy atom. The molecule has 0 aromatic carbocycles. The molecule has 0 radical (unpaired) electrons. The molecule has 0 saturated carbocycles. The predicted octanol–water partition coefficient (Wildman–Crippen LogP) is 3.34. The third-order valence-corrected chi connectivity index (χ3v) is 3.26. The van der Waals surface area contributed by atoms with Crippen LogP contribution in [-0.2, 0) is 0 Å². The van der Waals surface area contributed by atoms with Crippen LogP contribution in [0.1, 0.15) is 27.7 Å². The van der Waals surface area contributed by atoms with Crippen molar-refractivity contribution >= 4 is 15.9 Å². The van der Waals surface area contributed by atoms with E-state index >= 15 is 0 Å². The highest BCUT2D eigenvalue weighted by Crippen LogP contribution is 2.22. The zero-order chi connectivity index (χ0) is 12.8. The van der Waals surface area contributed by atoms with E-state index < -0.39 is 0 Å². The molecule has 0 atom stereocenters. The quantitative estimate of drug-likeness (QED) is 0.806. The largest absolute Gasteiger partial charge is 0.491 e. The van der Waals surface area contributed by atoms with Gasteiger partial charge < -0.3 is 4.74 Å². The second-order valence-corrected chi connectivity index (χ2v) is 5.43. The van der Waals surface area contributed by atoms with Crippen molar-refractivity contribution in [3.8, 4) is 5.75 Å². The number of halogens is 1. The van der Waals surface area contributed by atoms with E-state index in [2.05, 4.69) is 53.5 Å². The van der Waals surface area contributed by atoms with Gasteiger partial charge in [-0.05, 0) is 49.7 Å². The number of aromatic nitrogens is 1. The van der Waals surface area contributed by atoms with E-state index in [1.54, 1.807) is 12.4 Å². The minimum Gasteiger partial charge on any atom is -0.491 e. The second-order valence-electron chi connectivity index (χ2n) is 4.58. The zero-order valence-electron chi connectivity index (χ0n) is 11.0. The number of ether oxygens (including phenoxy) is 1. The second kappa shape index (κ2) is 6.97. The summed E-state index contributed by atoms with van der Waals surface area (Å²) in [7, 11) is 0. The van der Waals surface area contributed by atoms with Crippen LogP contribution >= 0.6 is 15.9 Å². The molecule has 4 heteroatoms. The van der Waals surface area contributed by atoms with Crippen molar-refractivity contribution in [2.24, 2.45) is 0 Å². The van der Waals surface area contributed by atoms with Gasteiger partial charge in [0.2, 0.25) is 0 Å². The molecule has 0 N–H and O–H groups in total. The first-order valence-corrected chi connectivity index (χ1v) is 6.79. The minimum absolute atomic E-state index is 0.541. The highest BCUT2D eigenvalue weighted by atomic mass is 79.9. The van der Waals surface area contributed by atoms with Gasteiger partial charge in [-0.15, -0.1) is 0 Å². The summed E-state index contributed by atoms with van der Waals surface area (Å²) < 4.78 is 6.64. The van der Waals surface area contributed by atoms with Crippen molar-refractivity contribution in [3.63, 3.8) is 0 Å². The Kier molecular flexibility index (Phi) is 5.92. The SMILES string of the molecule is CC(C)N(CCOc1ccncc1Br)C(C)C. The van der Waals surface area contributed by atoms with E-state index in [0.717, 1.165) is 16.8 Å². The molecule has 0 spiro atoms. The van der Waals surface area contributed by atoms with E-state index in [-0.39, 0.29) is 0 Å². The maximum absolute atomic E-state index is 5.74. The number of pyridine rings is 1. The molecule has 96 valence electrons. The first kappa shape index (κ1) is 14.5. The van der Waals surface area contributed by atoms with Crippen LogP contribution in [0, 0.1) is 0 Å². The predicted molar refractivity (Wildman–Crippen MR) is 74.4 cm³/mol. The fraction of sp³-hybridized carbons (Fsp3) is 0.615. The van der Waals surface area contributed by atoms with Gasteiger partial charge in [-0.3, -0.25) is 9.88 Å². The summed E-state index contributed by atoms with van der Waals surface area (Å²) in [6.45, 7) is 10.5. The average Bonchev–Trinajstić information content (AvgIpc) is 2.25. The number of rotatable bonds is 6. The standard InChI is InChI=1S/C13H21BrN2O/c1-10(2)16(11(3)4)7-8-17-13-5-6-15-9-12(13)14/h5-6,9-11H,7-8H2,1-4H3. The Hall–Kier alpha value is -0.610. The first-order valence-electron chi connectivity index (χ1n) is 6.00. The number of hydrogen-bond donors (Lipinski definition) is 0. The van der Waals surface area contributed by atoms with Gasteiger partial charge in [0.25, 0.3) is 0 Å². The van der Waals surface area contributed by atoms with Crippen molar-refractivity contribution in [3.05, 3.63) is 22.9 Å². The van der Waals surface area contributed by atoms with Crippen molar-refractivity contribution in [2.45, 2.75) is 39.8 Å². The van der Waals surface area contributed by atoms with Crippen LogP contribution in [0.4, 0.5) is 0 Å². The van der Waals surface area contributed by atoms with Gasteiger partial charge in [0.15, 0.2) is 0 Å². The third kappa shape index (κ3) is 4.64. The van der Waals surface area contributed by atoms with Crippen LogP contribution in [0.5, 0.6) is 5.75 Å². The lowest BCUT2D eigenvalue weighted by atomic mass is 10.2. The molecule has 0 amide bonds. The number of nitrogens with zero attached hydrogens (tertiary/aromatic N) is 2. The van der Waals surface area contributed by atoms with Gasteiger partial charge in [-0.1, -0.05) is 0 Å². The Morgan fingerprint density at radius 3 is 2.47 bits per heavy atom. The monoisotopic (exact) mass is 300 g/mol. The van der Waals surface area contributed by atoms with Crippen LogP contribution in [-0.4, -0.2) is 35.1 Å². The number of hydrogen-bond acceptors (Lipinski definition) is 3. The summed E-state index contributed by atoms with van der Waals surface area (Å²) in [5, 5.41) is 0. The van der Waals surface area contributed by atoms with Gasteiger partial charge in [0.05, 0.1) is 4.47 Å². The van der Waals surface area contributed by atoms with Crippen LogP contribution in [0.2, 0.25) is 0 Å². The molecule has 0 aliphatic rings. The molecule has 3 nitrogen and oxygen atoms in total. The zero-order valence-corrected chi connectivity index (χ0v) is 12.6. The topological polar surface area (TPSA) is 25.4 Å². The van der Waals surface area contributed by atoms with Crippen LogP contribution in [0.3, 0.4) is 0 Å². The summed E-state index contributed by atoms with van der Waals surface area (Å²) in [4.78, 5) is 6.42.